The lowest BCUT2D eigenvalue weighted by Crippen LogP contribution is -2.38. The van der Waals surface area contributed by atoms with Gasteiger partial charge in [-0.05, 0) is 43.7 Å². The van der Waals surface area contributed by atoms with Crippen LogP contribution in [-0.2, 0) is 23.9 Å². The zero-order valence-electron chi connectivity index (χ0n) is 15.8. The molecule has 1 saturated heterocycles. The van der Waals surface area contributed by atoms with Gasteiger partial charge in [0.25, 0.3) is 5.91 Å². The summed E-state index contributed by atoms with van der Waals surface area (Å²) in [5, 5.41) is 2.68. The second kappa shape index (κ2) is 6.89. The van der Waals surface area contributed by atoms with Crippen molar-refractivity contribution in [1.82, 2.24) is 4.90 Å². The standard InChI is InChI=1S/C21H22N2O5/c1-11-3-6-15(12(2)7-11)22-16(24)10-28-17(25)9-23-20(26)18-13-4-5-14(8-13)19(18)21(23)27/h3-7,13-14,18-19H,8-10H2,1-2H3,(H,22,24)/t13-,14-,18-,19-/m0/s1. The molecule has 0 radical (unpaired) electrons. The van der Waals surface area contributed by atoms with Gasteiger partial charge >= 0.3 is 5.97 Å². The van der Waals surface area contributed by atoms with E-state index in [9.17, 15) is 19.2 Å². The Kier molecular flexibility index (Phi) is 4.53. The van der Waals surface area contributed by atoms with Gasteiger partial charge in [0.05, 0.1) is 11.8 Å². The van der Waals surface area contributed by atoms with Crippen molar-refractivity contribution in [3.63, 3.8) is 0 Å². The summed E-state index contributed by atoms with van der Waals surface area (Å²) in [6.45, 7) is 2.91. The smallest absolute Gasteiger partial charge is 0.326 e. The van der Waals surface area contributed by atoms with Crippen LogP contribution in [0.5, 0.6) is 0 Å². The van der Waals surface area contributed by atoms with Crippen LogP contribution in [0.2, 0.25) is 0 Å². The molecule has 7 nitrogen and oxygen atoms in total. The van der Waals surface area contributed by atoms with Crippen LogP contribution in [0.15, 0.2) is 30.4 Å². The average Bonchev–Trinajstić information content (AvgIpc) is 3.32. The molecule has 2 fully saturated rings. The molecule has 0 unspecified atom stereocenters. The minimum atomic E-state index is -0.766. The number of nitrogens with one attached hydrogen (secondary N) is 1. The number of esters is 1. The first-order chi connectivity index (χ1) is 13.3. The quantitative estimate of drug-likeness (QED) is 0.474. The van der Waals surface area contributed by atoms with Gasteiger partial charge in [-0.15, -0.1) is 0 Å². The molecule has 3 aliphatic rings. The first-order valence-corrected chi connectivity index (χ1v) is 9.41. The summed E-state index contributed by atoms with van der Waals surface area (Å²) in [6.07, 6.45) is 4.83. The molecule has 0 spiro atoms. The maximum absolute atomic E-state index is 12.6. The highest BCUT2D eigenvalue weighted by atomic mass is 16.5. The number of likely N-dealkylation sites (tertiary alicyclic amines) is 1. The zero-order chi connectivity index (χ0) is 20.0. The number of hydrogen-bond donors (Lipinski definition) is 1. The van der Waals surface area contributed by atoms with E-state index in [0.29, 0.717) is 5.69 Å². The van der Waals surface area contributed by atoms with Gasteiger partial charge in [-0.1, -0.05) is 29.8 Å². The molecule has 2 aliphatic carbocycles. The number of nitrogens with zero attached hydrogens (tertiary/aromatic N) is 1. The fourth-order valence-corrected chi connectivity index (χ4v) is 4.58. The Hall–Kier alpha value is -2.96. The van der Waals surface area contributed by atoms with Crippen molar-refractivity contribution >= 4 is 29.4 Å². The van der Waals surface area contributed by atoms with E-state index in [1.165, 1.54) is 0 Å². The van der Waals surface area contributed by atoms with Crippen molar-refractivity contribution in [2.45, 2.75) is 20.3 Å². The van der Waals surface area contributed by atoms with Crippen LogP contribution < -0.4 is 5.32 Å². The van der Waals surface area contributed by atoms with E-state index in [4.69, 9.17) is 4.74 Å². The molecule has 146 valence electrons. The SMILES string of the molecule is Cc1ccc(NC(=O)COC(=O)CN2C(=O)[C@@H]3[C@@H](C2=O)[C@H]2C=C[C@H]3C2)c(C)c1. The molecule has 4 rings (SSSR count). The van der Waals surface area contributed by atoms with Gasteiger partial charge in [0, 0.05) is 5.69 Å². The van der Waals surface area contributed by atoms with Crippen molar-refractivity contribution < 1.29 is 23.9 Å². The molecule has 28 heavy (non-hydrogen) atoms. The summed E-state index contributed by atoms with van der Waals surface area (Å²) in [4.78, 5) is 50.2. The lowest BCUT2D eigenvalue weighted by atomic mass is 9.85. The highest BCUT2D eigenvalue weighted by molar-refractivity contribution is 6.08. The first-order valence-electron chi connectivity index (χ1n) is 9.41. The van der Waals surface area contributed by atoms with Crippen LogP contribution in [0.4, 0.5) is 5.69 Å². The molecule has 1 saturated carbocycles. The van der Waals surface area contributed by atoms with Gasteiger partial charge < -0.3 is 10.1 Å². The average molecular weight is 382 g/mol. The summed E-state index contributed by atoms with van der Waals surface area (Å²) in [6, 6.07) is 5.59. The third-order valence-electron chi connectivity index (χ3n) is 5.87. The van der Waals surface area contributed by atoms with Crippen LogP contribution in [0, 0.1) is 37.5 Å². The third-order valence-corrected chi connectivity index (χ3v) is 5.87. The minimum Gasteiger partial charge on any atom is -0.454 e. The topological polar surface area (TPSA) is 92.8 Å². The fourth-order valence-electron chi connectivity index (χ4n) is 4.58. The molecule has 1 aromatic carbocycles. The van der Waals surface area contributed by atoms with Crippen molar-refractivity contribution in [2.75, 3.05) is 18.5 Å². The number of allylic oxidation sites excluding steroid dienone is 2. The van der Waals surface area contributed by atoms with E-state index in [-0.39, 0.29) is 35.5 Å². The summed E-state index contributed by atoms with van der Waals surface area (Å²) < 4.78 is 4.98. The van der Waals surface area contributed by atoms with E-state index in [0.717, 1.165) is 22.4 Å². The largest absolute Gasteiger partial charge is 0.454 e. The van der Waals surface area contributed by atoms with Crippen LogP contribution in [-0.4, -0.2) is 41.7 Å². The van der Waals surface area contributed by atoms with E-state index in [2.05, 4.69) is 5.32 Å². The van der Waals surface area contributed by atoms with E-state index in [1.807, 2.05) is 38.1 Å². The number of rotatable bonds is 5. The number of amides is 3. The van der Waals surface area contributed by atoms with E-state index >= 15 is 0 Å². The van der Waals surface area contributed by atoms with Crippen LogP contribution >= 0.6 is 0 Å². The van der Waals surface area contributed by atoms with Crippen molar-refractivity contribution in [1.29, 1.82) is 0 Å². The Morgan fingerprint density at radius 2 is 1.75 bits per heavy atom. The van der Waals surface area contributed by atoms with Gasteiger partial charge in [-0.25, -0.2) is 0 Å². The maximum Gasteiger partial charge on any atom is 0.326 e. The van der Waals surface area contributed by atoms with Crippen molar-refractivity contribution in [2.24, 2.45) is 23.7 Å². The number of fused-ring (bicyclic) bond motifs is 5. The van der Waals surface area contributed by atoms with Gasteiger partial charge in [0.2, 0.25) is 11.8 Å². The Morgan fingerprint density at radius 1 is 1.11 bits per heavy atom. The van der Waals surface area contributed by atoms with Gasteiger partial charge in [0.1, 0.15) is 6.54 Å². The molecule has 1 aromatic rings. The predicted molar refractivity (Wildman–Crippen MR) is 99.9 cm³/mol. The summed E-state index contributed by atoms with van der Waals surface area (Å²) in [5.74, 6) is -2.35. The third kappa shape index (κ3) is 3.10. The van der Waals surface area contributed by atoms with Gasteiger partial charge in [-0.3, -0.25) is 24.1 Å². The molecular weight excluding hydrogens is 360 g/mol. The highest BCUT2D eigenvalue weighted by Crippen LogP contribution is 2.52. The molecular formula is C21H22N2O5. The summed E-state index contributed by atoms with van der Waals surface area (Å²) in [5.41, 5.74) is 2.63. The Morgan fingerprint density at radius 3 is 2.36 bits per heavy atom. The van der Waals surface area contributed by atoms with Crippen LogP contribution in [0.1, 0.15) is 17.5 Å². The fraction of sp³-hybridized carbons (Fsp3) is 0.429. The number of anilines is 1. The summed E-state index contributed by atoms with van der Waals surface area (Å²) in [7, 11) is 0. The first kappa shape index (κ1) is 18.4. The monoisotopic (exact) mass is 382 g/mol. The van der Waals surface area contributed by atoms with Crippen molar-refractivity contribution in [3.8, 4) is 0 Å². The maximum atomic E-state index is 12.6. The van der Waals surface area contributed by atoms with Crippen LogP contribution in [0.25, 0.3) is 0 Å². The Bertz CT molecular complexity index is 876. The van der Waals surface area contributed by atoms with Gasteiger partial charge in [-0.2, -0.15) is 0 Å². The molecule has 1 aliphatic heterocycles. The van der Waals surface area contributed by atoms with Gasteiger partial charge in [0.15, 0.2) is 6.61 Å². The second-order valence-electron chi connectivity index (χ2n) is 7.79. The highest BCUT2D eigenvalue weighted by Gasteiger charge is 2.59. The number of benzene rings is 1. The van der Waals surface area contributed by atoms with Crippen molar-refractivity contribution in [3.05, 3.63) is 41.5 Å². The molecule has 3 amide bonds. The minimum absolute atomic E-state index is 0.0935. The molecule has 1 heterocycles. The molecule has 0 aromatic heterocycles. The molecule has 1 N–H and O–H groups in total. The lowest BCUT2D eigenvalue weighted by molar-refractivity contribution is -0.154. The lowest BCUT2D eigenvalue weighted by Gasteiger charge is -2.16. The molecule has 2 bridgehead atoms. The number of ether oxygens (including phenoxy) is 1. The predicted octanol–water partition coefficient (Wildman–Crippen LogP) is 1.59. The number of imide groups is 1. The zero-order valence-corrected chi connectivity index (χ0v) is 15.8. The number of carbonyl (C=O) groups excluding carboxylic acids is 4. The summed E-state index contributed by atoms with van der Waals surface area (Å²) >= 11 is 0. The van der Waals surface area contributed by atoms with Crippen LogP contribution in [0.3, 0.4) is 0 Å². The Labute approximate surface area is 162 Å². The molecule has 4 atom stereocenters. The normalized spacial score (nSPS) is 27.3. The van der Waals surface area contributed by atoms with E-state index < -0.39 is 25.0 Å². The van der Waals surface area contributed by atoms with E-state index in [1.54, 1.807) is 6.07 Å². The number of hydrogen-bond acceptors (Lipinski definition) is 5. The Balaban J connectivity index is 1.30. The number of aryl methyl sites for hydroxylation is 2. The second-order valence-corrected chi connectivity index (χ2v) is 7.79. The number of carbonyl (C=O) groups is 4. The molecule has 7 heteroatoms.